The summed E-state index contributed by atoms with van der Waals surface area (Å²) in [6.45, 7) is 6.67. The van der Waals surface area contributed by atoms with E-state index in [2.05, 4.69) is 47.7 Å². The van der Waals surface area contributed by atoms with Crippen molar-refractivity contribution in [2.45, 2.75) is 27.3 Å². The van der Waals surface area contributed by atoms with Crippen molar-refractivity contribution in [1.82, 2.24) is 10.3 Å². The lowest BCUT2D eigenvalue weighted by Crippen LogP contribution is -2.24. The van der Waals surface area contributed by atoms with Crippen molar-refractivity contribution in [2.75, 3.05) is 5.32 Å². The molecule has 0 bridgehead atoms. The van der Waals surface area contributed by atoms with E-state index >= 15 is 0 Å². The number of anilines is 2. The molecule has 0 radical (unpaired) electrons. The van der Waals surface area contributed by atoms with Gasteiger partial charge in [-0.25, -0.2) is 4.98 Å². The van der Waals surface area contributed by atoms with E-state index in [0.29, 0.717) is 12.2 Å². The molecule has 3 aromatic rings. The van der Waals surface area contributed by atoms with Gasteiger partial charge < -0.3 is 10.6 Å². The van der Waals surface area contributed by atoms with Gasteiger partial charge in [0.05, 0.1) is 11.9 Å². The third kappa shape index (κ3) is 4.48. The maximum absolute atomic E-state index is 12.3. The molecule has 0 unspecified atom stereocenters. The Morgan fingerprint density at radius 2 is 1.65 bits per heavy atom. The second-order valence-corrected chi connectivity index (χ2v) is 6.54. The molecule has 4 nitrogen and oxygen atoms in total. The van der Waals surface area contributed by atoms with E-state index in [1.807, 2.05) is 37.3 Å². The molecule has 2 aromatic carbocycles. The van der Waals surface area contributed by atoms with Gasteiger partial charge in [-0.1, -0.05) is 30.3 Å². The molecule has 1 amide bonds. The SMILES string of the molecule is Cc1cc(C)cc(Nc2ccc(C(=O)NCc3ccccc3C)nc2)c1. The first-order valence-electron chi connectivity index (χ1n) is 8.65. The Bertz CT molecular complexity index is 897. The van der Waals surface area contributed by atoms with Crippen molar-refractivity contribution >= 4 is 17.3 Å². The van der Waals surface area contributed by atoms with Crippen LogP contribution in [0.1, 0.15) is 32.7 Å². The van der Waals surface area contributed by atoms with Crippen molar-refractivity contribution in [1.29, 1.82) is 0 Å². The molecular weight excluding hydrogens is 322 g/mol. The average molecular weight is 345 g/mol. The number of carbonyl (C=O) groups excluding carboxylic acids is 1. The van der Waals surface area contributed by atoms with Gasteiger partial charge in [0.15, 0.2) is 0 Å². The number of aryl methyl sites for hydroxylation is 3. The number of hydrogen-bond donors (Lipinski definition) is 2. The summed E-state index contributed by atoms with van der Waals surface area (Å²) in [7, 11) is 0. The van der Waals surface area contributed by atoms with Crippen LogP contribution in [0.4, 0.5) is 11.4 Å². The maximum Gasteiger partial charge on any atom is 0.270 e. The normalized spacial score (nSPS) is 10.4. The minimum absolute atomic E-state index is 0.175. The second kappa shape index (κ2) is 7.83. The first-order chi connectivity index (χ1) is 12.5. The number of carbonyl (C=O) groups is 1. The Balaban J connectivity index is 1.63. The fourth-order valence-electron chi connectivity index (χ4n) is 2.89. The Hall–Kier alpha value is -3.14. The molecule has 4 heteroatoms. The van der Waals surface area contributed by atoms with Crippen LogP contribution >= 0.6 is 0 Å². The van der Waals surface area contributed by atoms with Gasteiger partial charge in [0.2, 0.25) is 0 Å². The number of amides is 1. The molecule has 1 aromatic heterocycles. The highest BCUT2D eigenvalue weighted by Gasteiger charge is 2.08. The van der Waals surface area contributed by atoms with Gasteiger partial charge in [0.25, 0.3) is 5.91 Å². The molecule has 0 aliphatic rings. The lowest BCUT2D eigenvalue weighted by molar-refractivity contribution is 0.0946. The number of hydrogen-bond acceptors (Lipinski definition) is 3. The van der Waals surface area contributed by atoms with E-state index in [0.717, 1.165) is 22.5 Å². The quantitative estimate of drug-likeness (QED) is 0.706. The summed E-state index contributed by atoms with van der Waals surface area (Å²) in [6, 6.07) is 17.9. The van der Waals surface area contributed by atoms with Gasteiger partial charge in [-0.2, -0.15) is 0 Å². The Morgan fingerprint density at radius 1 is 0.923 bits per heavy atom. The minimum Gasteiger partial charge on any atom is -0.354 e. The predicted octanol–water partition coefficient (Wildman–Crippen LogP) is 4.68. The number of pyridine rings is 1. The number of aromatic nitrogens is 1. The Morgan fingerprint density at radius 3 is 2.31 bits per heavy atom. The average Bonchev–Trinajstić information content (AvgIpc) is 2.60. The van der Waals surface area contributed by atoms with Crippen molar-refractivity contribution in [3.8, 4) is 0 Å². The number of rotatable bonds is 5. The molecule has 0 aliphatic carbocycles. The molecule has 0 fully saturated rings. The monoisotopic (exact) mass is 345 g/mol. The molecule has 0 saturated carbocycles. The Kier molecular flexibility index (Phi) is 5.32. The van der Waals surface area contributed by atoms with Crippen LogP contribution in [0.25, 0.3) is 0 Å². The fourth-order valence-corrected chi connectivity index (χ4v) is 2.89. The van der Waals surface area contributed by atoms with E-state index in [-0.39, 0.29) is 5.91 Å². The molecule has 0 atom stereocenters. The summed E-state index contributed by atoms with van der Waals surface area (Å²) in [5.74, 6) is -0.175. The molecule has 0 aliphatic heterocycles. The van der Waals surface area contributed by atoms with Crippen LogP contribution in [0.15, 0.2) is 60.8 Å². The zero-order valence-corrected chi connectivity index (χ0v) is 15.3. The van der Waals surface area contributed by atoms with Crippen LogP contribution in [-0.2, 0) is 6.54 Å². The summed E-state index contributed by atoms with van der Waals surface area (Å²) in [6.07, 6.45) is 1.68. The summed E-state index contributed by atoms with van der Waals surface area (Å²) in [4.78, 5) is 16.6. The number of nitrogens with one attached hydrogen (secondary N) is 2. The number of benzene rings is 2. The molecule has 0 spiro atoms. The highest BCUT2D eigenvalue weighted by molar-refractivity contribution is 5.92. The van der Waals surface area contributed by atoms with Gasteiger partial charge in [-0.15, -0.1) is 0 Å². The first-order valence-corrected chi connectivity index (χ1v) is 8.65. The van der Waals surface area contributed by atoms with E-state index in [4.69, 9.17) is 0 Å². The highest BCUT2D eigenvalue weighted by Crippen LogP contribution is 2.19. The third-order valence-electron chi connectivity index (χ3n) is 4.21. The van der Waals surface area contributed by atoms with Crippen molar-refractivity contribution < 1.29 is 4.79 Å². The van der Waals surface area contributed by atoms with Crippen LogP contribution in [-0.4, -0.2) is 10.9 Å². The maximum atomic E-state index is 12.3. The van der Waals surface area contributed by atoms with Gasteiger partial charge in [0.1, 0.15) is 5.69 Å². The summed E-state index contributed by atoms with van der Waals surface area (Å²) in [5.41, 5.74) is 6.94. The molecule has 0 saturated heterocycles. The summed E-state index contributed by atoms with van der Waals surface area (Å²) in [5, 5.41) is 6.24. The van der Waals surface area contributed by atoms with E-state index in [9.17, 15) is 4.79 Å². The fraction of sp³-hybridized carbons (Fsp3) is 0.182. The second-order valence-electron chi connectivity index (χ2n) is 6.54. The number of nitrogens with zero attached hydrogens (tertiary/aromatic N) is 1. The van der Waals surface area contributed by atoms with Crippen LogP contribution in [0.5, 0.6) is 0 Å². The zero-order chi connectivity index (χ0) is 18.5. The lowest BCUT2D eigenvalue weighted by atomic mass is 10.1. The zero-order valence-electron chi connectivity index (χ0n) is 15.3. The van der Waals surface area contributed by atoms with Crippen LogP contribution in [0, 0.1) is 20.8 Å². The van der Waals surface area contributed by atoms with E-state index in [1.54, 1.807) is 12.3 Å². The first kappa shape index (κ1) is 17.7. The predicted molar refractivity (Wildman–Crippen MR) is 106 cm³/mol. The van der Waals surface area contributed by atoms with Gasteiger partial charge in [0, 0.05) is 12.2 Å². The summed E-state index contributed by atoms with van der Waals surface area (Å²) < 4.78 is 0. The molecule has 26 heavy (non-hydrogen) atoms. The van der Waals surface area contributed by atoms with Gasteiger partial charge in [-0.3, -0.25) is 4.79 Å². The van der Waals surface area contributed by atoms with Crippen LogP contribution in [0.2, 0.25) is 0 Å². The molecule has 2 N–H and O–H groups in total. The van der Waals surface area contributed by atoms with Gasteiger partial charge >= 0.3 is 0 Å². The van der Waals surface area contributed by atoms with Gasteiger partial charge in [-0.05, 0) is 67.3 Å². The topological polar surface area (TPSA) is 54.0 Å². The van der Waals surface area contributed by atoms with Crippen molar-refractivity contribution in [3.05, 3.63) is 88.7 Å². The largest absolute Gasteiger partial charge is 0.354 e. The molecule has 1 heterocycles. The summed E-state index contributed by atoms with van der Waals surface area (Å²) >= 11 is 0. The smallest absolute Gasteiger partial charge is 0.270 e. The van der Waals surface area contributed by atoms with E-state index < -0.39 is 0 Å². The molecular formula is C22H23N3O. The lowest BCUT2D eigenvalue weighted by Gasteiger charge is -2.10. The highest BCUT2D eigenvalue weighted by atomic mass is 16.1. The van der Waals surface area contributed by atoms with Crippen LogP contribution < -0.4 is 10.6 Å². The molecule has 3 rings (SSSR count). The molecule has 132 valence electrons. The minimum atomic E-state index is -0.175. The van der Waals surface area contributed by atoms with Crippen molar-refractivity contribution in [2.24, 2.45) is 0 Å². The Labute approximate surface area is 154 Å². The standard InChI is InChI=1S/C22H23N3O/c1-15-10-16(2)12-20(11-15)25-19-8-9-21(23-14-19)22(26)24-13-18-7-5-4-6-17(18)3/h4-12,14,25H,13H2,1-3H3,(H,24,26). The van der Waals surface area contributed by atoms with Crippen LogP contribution in [0.3, 0.4) is 0 Å². The van der Waals surface area contributed by atoms with Crippen molar-refractivity contribution in [3.63, 3.8) is 0 Å². The van der Waals surface area contributed by atoms with E-state index in [1.165, 1.54) is 11.1 Å². The third-order valence-corrected chi connectivity index (χ3v) is 4.21.